The summed E-state index contributed by atoms with van der Waals surface area (Å²) in [4.78, 5) is 10.5. The highest BCUT2D eigenvalue weighted by Crippen LogP contribution is 2.30. The first kappa shape index (κ1) is 13.8. The highest BCUT2D eigenvalue weighted by Gasteiger charge is 2.10. The number of hydrogen-bond acceptors (Lipinski definition) is 5. The number of nitrogen functional groups attached to an aromatic ring is 1. The maximum Gasteiger partial charge on any atom is 0.227 e. The van der Waals surface area contributed by atoms with E-state index in [-0.39, 0.29) is 5.95 Å². The van der Waals surface area contributed by atoms with Crippen LogP contribution in [0.5, 0.6) is 5.88 Å². The molecule has 0 aliphatic rings. The highest BCUT2D eigenvalue weighted by atomic mass is 32.1. The van der Waals surface area contributed by atoms with E-state index in [1.54, 1.807) is 11.3 Å². The van der Waals surface area contributed by atoms with Crippen LogP contribution in [0.2, 0.25) is 0 Å². The molecular weight excluding hydrogens is 282 g/mol. The van der Waals surface area contributed by atoms with Gasteiger partial charge in [0.2, 0.25) is 11.8 Å². The van der Waals surface area contributed by atoms with Crippen molar-refractivity contribution in [1.82, 2.24) is 9.97 Å². The molecule has 4 nitrogen and oxygen atoms in total. The van der Waals surface area contributed by atoms with Crippen molar-refractivity contribution in [2.75, 3.05) is 12.3 Å². The topological polar surface area (TPSA) is 61.0 Å². The van der Waals surface area contributed by atoms with Crippen molar-refractivity contribution in [2.24, 2.45) is 0 Å². The first-order chi connectivity index (χ1) is 10.2. The minimum Gasteiger partial charge on any atom is -0.477 e. The van der Waals surface area contributed by atoms with Crippen LogP contribution in [0.3, 0.4) is 0 Å². The second-order valence-corrected chi connectivity index (χ2v) is 6.14. The van der Waals surface area contributed by atoms with Crippen molar-refractivity contribution in [3.05, 3.63) is 46.8 Å². The molecule has 1 aromatic carbocycles. The van der Waals surface area contributed by atoms with Crippen LogP contribution in [0.1, 0.15) is 16.9 Å². The van der Waals surface area contributed by atoms with Gasteiger partial charge in [-0.2, -0.15) is 4.98 Å². The third kappa shape index (κ3) is 3.31. The summed E-state index contributed by atoms with van der Waals surface area (Å²) in [5.74, 6) is 0.859. The van der Waals surface area contributed by atoms with Gasteiger partial charge in [-0.05, 0) is 31.4 Å². The summed E-state index contributed by atoms with van der Waals surface area (Å²) in [5, 5.41) is 0.950. The zero-order valence-electron chi connectivity index (χ0n) is 11.9. The van der Waals surface area contributed by atoms with Crippen molar-refractivity contribution >= 4 is 27.5 Å². The average molecular weight is 299 g/mol. The van der Waals surface area contributed by atoms with Crippen molar-refractivity contribution < 1.29 is 4.74 Å². The molecule has 3 rings (SSSR count). The Kier molecular flexibility index (Phi) is 4.01. The molecule has 2 N–H and O–H groups in total. The van der Waals surface area contributed by atoms with Crippen LogP contribution in [0.25, 0.3) is 10.2 Å². The summed E-state index contributed by atoms with van der Waals surface area (Å²) in [6.45, 7) is 2.66. The lowest BCUT2D eigenvalue weighted by Crippen LogP contribution is -2.03. The molecule has 108 valence electrons. The lowest BCUT2D eigenvalue weighted by Gasteiger charge is -2.07. The van der Waals surface area contributed by atoms with Gasteiger partial charge in [0.15, 0.2) is 0 Å². The number of benzene rings is 1. The number of fused-ring (bicyclic) bond motifs is 1. The normalized spacial score (nSPS) is 10.9. The first-order valence-electron chi connectivity index (χ1n) is 6.93. The molecule has 0 aliphatic carbocycles. The van der Waals surface area contributed by atoms with Crippen LogP contribution in [-0.4, -0.2) is 16.6 Å². The Labute approximate surface area is 127 Å². The van der Waals surface area contributed by atoms with Gasteiger partial charge in [0.05, 0.1) is 12.0 Å². The number of ether oxygens (including phenoxy) is 1. The number of nitrogens with two attached hydrogens (primary N) is 1. The Morgan fingerprint density at radius 3 is 2.81 bits per heavy atom. The van der Waals surface area contributed by atoms with Crippen LogP contribution in [-0.2, 0) is 6.42 Å². The Balaban J connectivity index is 1.65. The first-order valence-corrected chi connectivity index (χ1v) is 7.74. The van der Waals surface area contributed by atoms with Gasteiger partial charge in [0.1, 0.15) is 4.83 Å². The van der Waals surface area contributed by atoms with Gasteiger partial charge in [-0.1, -0.05) is 30.3 Å². The molecule has 0 fully saturated rings. The van der Waals surface area contributed by atoms with Gasteiger partial charge in [0, 0.05) is 4.88 Å². The Morgan fingerprint density at radius 2 is 2.00 bits per heavy atom. The standard InChI is InChI=1S/C16H17N3OS/c1-11-10-13-14(18-16(17)19-15(13)21-11)20-9-5-8-12-6-3-2-4-7-12/h2-4,6-7,10H,5,8-9H2,1H3,(H2,17,18,19). The van der Waals surface area contributed by atoms with Crippen molar-refractivity contribution in [2.45, 2.75) is 19.8 Å². The zero-order valence-corrected chi connectivity index (χ0v) is 12.7. The number of thiophene rings is 1. The summed E-state index contributed by atoms with van der Waals surface area (Å²) in [6, 6.07) is 12.4. The van der Waals surface area contributed by atoms with E-state index in [4.69, 9.17) is 10.5 Å². The van der Waals surface area contributed by atoms with E-state index in [0.29, 0.717) is 12.5 Å². The van der Waals surface area contributed by atoms with Gasteiger partial charge in [-0.15, -0.1) is 11.3 Å². The van der Waals surface area contributed by atoms with Crippen molar-refractivity contribution in [3.8, 4) is 5.88 Å². The number of rotatable bonds is 5. The number of anilines is 1. The third-order valence-corrected chi connectivity index (χ3v) is 4.13. The number of aryl methyl sites for hydroxylation is 2. The Bertz CT molecular complexity index is 740. The second-order valence-electron chi connectivity index (χ2n) is 4.90. The summed E-state index contributed by atoms with van der Waals surface area (Å²) in [5.41, 5.74) is 7.05. The van der Waals surface area contributed by atoms with Gasteiger partial charge >= 0.3 is 0 Å². The molecule has 0 saturated carbocycles. The van der Waals surface area contributed by atoms with Crippen LogP contribution < -0.4 is 10.5 Å². The molecule has 21 heavy (non-hydrogen) atoms. The molecule has 0 unspecified atom stereocenters. The van der Waals surface area contributed by atoms with Gasteiger partial charge in [-0.25, -0.2) is 4.98 Å². The van der Waals surface area contributed by atoms with E-state index in [9.17, 15) is 0 Å². The summed E-state index contributed by atoms with van der Waals surface area (Å²) >= 11 is 1.61. The van der Waals surface area contributed by atoms with E-state index < -0.39 is 0 Å². The molecule has 5 heteroatoms. The van der Waals surface area contributed by atoms with E-state index in [0.717, 1.165) is 23.1 Å². The van der Waals surface area contributed by atoms with Crippen LogP contribution in [0, 0.1) is 6.92 Å². The predicted octanol–water partition coefficient (Wildman–Crippen LogP) is 3.59. The maximum atomic E-state index is 5.81. The lowest BCUT2D eigenvalue weighted by molar-refractivity contribution is 0.303. The minimum absolute atomic E-state index is 0.266. The quantitative estimate of drug-likeness (QED) is 0.731. The number of nitrogens with zero attached hydrogens (tertiary/aromatic N) is 2. The van der Waals surface area contributed by atoms with Crippen LogP contribution in [0.15, 0.2) is 36.4 Å². The molecule has 2 aromatic heterocycles. The Hall–Kier alpha value is -2.14. The van der Waals surface area contributed by atoms with Crippen molar-refractivity contribution in [3.63, 3.8) is 0 Å². The predicted molar refractivity (Wildman–Crippen MR) is 86.8 cm³/mol. The van der Waals surface area contributed by atoms with Gasteiger partial charge < -0.3 is 10.5 Å². The van der Waals surface area contributed by atoms with E-state index in [2.05, 4.69) is 34.2 Å². The molecular formula is C16H17N3OS. The molecule has 0 atom stereocenters. The number of aromatic nitrogens is 2. The SMILES string of the molecule is Cc1cc2c(OCCCc3ccccc3)nc(N)nc2s1. The van der Waals surface area contributed by atoms with Crippen LogP contribution in [0.4, 0.5) is 5.95 Å². The molecule has 2 heterocycles. The third-order valence-electron chi connectivity index (χ3n) is 3.19. The monoisotopic (exact) mass is 299 g/mol. The molecule has 0 amide bonds. The fourth-order valence-corrected chi connectivity index (χ4v) is 3.11. The zero-order chi connectivity index (χ0) is 14.7. The van der Waals surface area contributed by atoms with E-state index >= 15 is 0 Å². The molecule has 0 bridgehead atoms. The molecule has 0 radical (unpaired) electrons. The molecule has 0 saturated heterocycles. The number of hydrogen-bond donors (Lipinski definition) is 1. The summed E-state index contributed by atoms with van der Waals surface area (Å²) in [6.07, 6.45) is 1.94. The molecule has 0 aliphatic heterocycles. The Morgan fingerprint density at radius 1 is 1.19 bits per heavy atom. The second kappa shape index (κ2) is 6.10. The minimum atomic E-state index is 0.266. The smallest absolute Gasteiger partial charge is 0.227 e. The van der Waals surface area contributed by atoms with E-state index in [1.165, 1.54) is 10.4 Å². The maximum absolute atomic E-state index is 5.81. The van der Waals surface area contributed by atoms with Crippen LogP contribution >= 0.6 is 11.3 Å². The fraction of sp³-hybridized carbons (Fsp3) is 0.250. The molecule has 3 aromatic rings. The summed E-state index contributed by atoms with van der Waals surface area (Å²) < 4.78 is 5.81. The van der Waals surface area contributed by atoms with Crippen molar-refractivity contribution in [1.29, 1.82) is 0 Å². The van der Waals surface area contributed by atoms with Gasteiger partial charge in [-0.3, -0.25) is 0 Å². The lowest BCUT2D eigenvalue weighted by atomic mass is 10.1. The van der Waals surface area contributed by atoms with E-state index in [1.807, 2.05) is 19.1 Å². The molecule has 0 spiro atoms. The highest BCUT2D eigenvalue weighted by molar-refractivity contribution is 7.18. The fourth-order valence-electron chi connectivity index (χ4n) is 2.23. The largest absolute Gasteiger partial charge is 0.477 e. The van der Waals surface area contributed by atoms with Gasteiger partial charge in [0.25, 0.3) is 0 Å². The summed E-state index contributed by atoms with van der Waals surface area (Å²) in [7, 11) is 0. The average Bonchev–Trinajstić information content (AvgIpc) is 2.84.